The number of oxime groups is 1. The maximum absolute atomic E-state index is 14.1. The minimum Gasteiger partial charge on any atom is -0.397 e. The monoisotopic (exact) mass is 488 g/mol. The molecule has 32 heavy (non-hydrogen) atoms. The number of nitrogens with zero attached hydrogens (tertiary/aromatic N) is 2. The number of hydrogen-bond donors (Lipinski definition) is 4. The number of nitrogens with two attached hydrogens (primary N) is 3. The van der Waals surface area contributed by atoms with Gasteiger partial charge in [0, 0.05) is 16.3 Å². The van der Waals surface area contributed by atoms with Gasteiger partial charge in [-0.1, -0.05) is 17.7 Å². The van der Waals surface area contributed by atoms with Gasteiger partial charge in [0.2, 0.25) is 11.9 Å². The van der Waals surface area contributed by atoms with Crippen LogP contribution in [0.4, 0.5) is 10.1 Å². The molecule has 14 heteroatoms. The fraction of sp³-hybridized carbons (Fsp3) is 0.278. The smallest absolute Gasteiger partial charge is 0.272 e. The first kappa shape index (κ1) is 24.9. The summed E-state index contributed by atoms with van der Waals surface area (Å²) in [7, 11) is -4.40. The van der Waals surface area contributed by atoms with Crippen LogP contribution in [0.1, 0.15) is 11.3 Å². The van der Waals surface area contributed by atoms with Crippen molar-refractivity contribution in [1.82, 2.24) is 9.88 Å². The van der Waals surface area contributed by atoms with Gasteiger partial charge in [0.15, 0.2) is 14.7 Å². The lowest BCUT2D eigenvalue weighted by molar-refractivity contribution is -0.122. The van der Waals surface area contributed by atoms with Gasteiger partial charge in [-0.05, 0) is 30.3 Å². The zero-order chi connectivity index (χ0) is 24.1. The molecule has 0 unspecified atom stereocenters. The average Bonchev–Trinajstić information content (AvgIpc) is 2.67. The summed E-state index contributed by atoms with van der Waals surface area (Å²) in [5, 5.41) is 5.63. The van der Waals surface area contributed by atoms with Gasteiger partial charge in [0.25, 0.3) is 5.56 Å². The number of pyridine rings is 1. The number of carbonyl (C=O) groups excluding carboxylic acids is 1. The quantitative estimate of drug-likeness (QED) is 0.162. The number of halogens is 2. The number of carbonyl (C=O) groups is 1. The minimum atomic E-state index is -4.40. The molecule has 2 rings (SSSR count). The van der Waals surface area contributed by atoms with Crippen LogP contribution in [0.25, 0.3) is 0 Å². The van der Waals surface area contributed by atoms with Crippen LogP contribution < -0.4 is 28.1 Å². The number of sulfone groups is 1. The van der Waals surface area contributed by atoms with E-state index in [1.165, 1.54) is 25.1 Å². The van der Waals surface area contributed by atoms with E-state index in [1.807, 2.05) is 0 Å². The summed E-state index contributed by atoms with van der Waals surface area (Å²) in [4.78, 5) is 29.1. The normalized spacial score (nSPS) is 11.1. The molecule has 0 spiro atoms. The average molecular weight is 489 g/mol. The summed E-state index contributed by atoms with van der Waals surface area (Å²) >= 11 is 5.91. The summed E-state index contributed by atoms with van der Waals surface area (Å²) < 4.78 is 40.9. The van der Waals surface area contributed by atoms with Crippen molar-refractivity contribution in [3.05, 3.63) is 56.7 Å². The van der Waals surface area contributed by atoms with E-state index in [-0.39, 0.29) is 41.1 Å². The molecular weight excluding hydrogens is 467 g/mol. The van der Waals surface area contributed by atoms with Gasteiger partial charge >= 0.3 is 0 Å². The minimum absolute atomic E-state index is 0.0231. The molecule has 11 nitrogen and oxygen atoms in total. The highest BCUT2D eigenvalue weighted by Gasteiger charge is 2.27. The Hall–Kier alpha value is -3.32. The van der Waals surface area contributed by atoms with Crippen LogP contribution in [0.3, 0.4) is 0 Å². The molecule has 0 aliphatic rings. The van der Waals surface area contributed by atoms with Crippen LogP contribution >= 0.6 is 11.6 Å². The second-order valence-electron chi connectivity index (χ2n) is 6.62. The molecule has 0 saturated carbocycles. The lowest BCUT2D eigenvalue weighted by atomic mass is 10.2. The predicted molar refractivity (Wildman–Crippen MR) is 117 cm³/mol. The van der Waals surface area contributed by atoms with E-state index in [0.717, 1.165) is 10.6 Å². The molecule has 1 amide bonds. The van der Waals surface area contributed by atoms with Gasteiger partial charge in [-0.2, -0.15) is 0 Å². The first-order valence-corrected chi connectivity index (χ1v) is 11.1. The Bertz CT molecular complexity index is 1190. The molecule has 0 saturated heterocycles. The Labute approximate surface area is 187 Å². The third-order valence-electron chi connectivity index (χ3n) is 4.19. The lowest BCUT2D eigenvalue weighted by Gasteiger charge is -2.15. The highest BCUT2D eigenvalue weighted by molar-refractivity contribution is 7.90. The number of anilines is 1. The molecule has 0 aliphatic heterocycles. The number of amides is 1. The van der Waals surface area contributed by atoms with Crippen molar-refractivity contribution in [2.45, 2.75) is 24.1 Å². The third-order valence-corrected chi connectivity index (χ3v) is 6.24. The van der Waals surface area contributed by atoms with Gasteiger partial charge in [0.05, 0.1) is 18.0 Å². The van der Waals surface area contributed by atoms with Crippen molar-refractivity contribution < 1.29 is 22.4 Å². The topological polar surface area (TPSA) is 185 Å². The number of rotatable bonds is 9. The first-order valence-electron chi connectivity index (χ1n) is 9.07. The molecule has 174 valence electrons. The number of guanidine groups is 1. The Morgan fingerprint density at radius 3 is 2.66 bits per heavy atom. The number of nitrogen functional groups attached to an aromatic ring is 1. The summed E-state index contributed by atoms with van der Waals surface area (Å²) in [6.45, 7) is 0.977. The molecule has 1 aromatic carbocycles. The first-order chi connectivity index (χ1) is 14.9. The SMILES string of the molecule is Cc1cc(N)c(S(=O)(=O)Cc2c(F)cccc2Cl)c(=O)n1CC(=O)NCCON=C(N)N. The van der Waals surface area contributed by atoms with E-state index in [2.05, 4.69) is 10.5 Å². The third kappa shape index (κ3) is 6.11. The van der Waals surface area contributed by atoms with E-state index in [1.54, 1.807) is 0 Å². The lowest BCUT2D eigenvalue weighted by Crippen LogP contribution is -2.37. The summed E-state index contributed by atoms with van der Waals surface area (Å²) in [6.07, 6.45) is 0. The Balaban J connectivity index is 2.29. The molecule has 7 N–H and O–H groups in total. The van der Waals surface area contributed by atoms with Crippen molar-refractivity contribution >= 4 is 39.0 Å². The van der Waals surface area contributed by atoms with Crippen LogP contribution in [-0.4, -0.2) is 38.0 Å². The van der Waals surface area contributed by atoms with E-state index in [9.17, 15) is 22.4 Å². The summed E-state index contributed by atoms with van der Waals surface area (Å²) in [5.41, 5.74) is 14.6. The van der Waals surface area contributed by atoms with Crippen molar-refractivity contribution in [2.75, 3.05) is 18.9 Å². The zero-order valence-electron chi connectivity index (χ0n) is 17.0. The molecule has 0 fully saturated rings. The largest absolute Gasteiger partial charge is 0.397 e. The van der Waals surface area contributed by atoms with Crippen molar-refractivity contribution in [2.24, 2.45) is 16.6 Å². The molecule has 2 aromatic rings. The van der Waals surface area contributed by atoms with Crippen molar-refractivity contribution in [3.63, 3.8) is 0 Å². The maximum Gasteiger partial charge on any atom is 0.272 e. The van der Waals surface area contributed by atoms with Crippen molar-refractivity contribution in [3.8, 4) is 0 Å². The summed E-state index contributed by atoms with van der Waals surface area (Å²) in [6, 6.07) is 4.94. The Kier molecular flexibility index (Phi) is 8.05. The molecule has 0 atom stereocenters. The number of hydrogen-bond acceptors (Lipinski definition) is 7. The molecule has 0 radical (unpaired) electrons. The van der Waals surface area contributed by atoms with E-state index in [4.69, 9.17) is 33.6 Å². The fourth-order valence-electron chi connectivity index (χ4n) is 2.77. The summed E-state index contributed by atoms with van der Waals surface area (Å²) in [5.74, 6) is -2.61. The highest BCUT2D eigenvalue weighted by Crippen LogP contribution is 2.26. The second kappa shape index (κ2) is 10.3. The van der Waals surface area contributed by atoms with Gasteiger partial charge in [-0.25, -0.2) is 12.8 Å². The molecule has 0 aliphatic carbocycles. The fourth-order valence-corrected chi connectivity index (χ4v) is 4.69. The highest BCUT2D eigenvalue weighted by atomic mass is 35.5. The number of nitrogens with one attached hydrogen (secondary N) is 1. The van der Waals surface area contributed by atoms with E-state index < -0.39 is 44.3 Å². The standard InChI is InChI=1S/C18H22ClFN6O5S/c1-10-7-14(21)16(32(29,30)9-11-12(19)3-2-4-13(11)20)17(28)26(10)8-15(27)24-5-6-31-25-18(22)23/h2-4,7H,5-6,8-9,21H2,1H3,(H,24,27)(H4,22,23,25). The van der Waals surface area contributed by atoms with Crippen LogP contribution in [-0.2, 0) is 31.8 Å². The number of benzene rings is 1. The predicted octanol–water partition coefficient (Wildman–Crippen LogP) is -0.173. The van der Waals surface area contributed by atoms with Crippen LogP contribution in [0.5, 0.6) is 0 Å². The van der Waals surface area contributed by atoms with Crippen LogP contribution in [0.2, 0.25) is 5.02 Å². The Morgan fingerprint density at radius 2 is 2.03 bits per heavy atom. The second-order valence-corrected chi connectivity index (χ2v) is 8.95. The van der Waals surface area contributed by atoms with E-state index >= 15 is 0 Å². The van der Waals surface area contributed by atoms with Crippen molar-refractivity contribution in [1.29, 1.82) is 0 Å². The zero-order valence-corrected chi connectivity index (χ0v) is 18.5. The van der Waals surface area contributed by atoms with Gasteiger partial charge < -0.3 is 31.9 Å². The molecule has 1 aromatic heterocycles. The van der Waals surface area contributed by atoms with Crippen LogP contribution in [0, 0.1) is 12.7 Å². The van der Waals surface area contributed by atoms with Crippen LogP contribution in [0.15, 0.2) is 39.1 Å². The number of aryl methyl sites for hydroxylation is 1. The number of aromatic nitrogens is 1. The maximum atomic E-state index is 14.1. The van der Waals surface area contributed by atoms with E-state index in [0.29, 0.717) is 0 Å². The molecule has 1 heterocycles. The molecular formula is C18H22ClFN6O5S. The molecule has 0 bridgehead atoms. The van der Waals surface area contributed by atoms with Gasteiger partial charge in [0.1, 0.15) is 19.0 Å². The Morgan fingerprint density at radius 1 is 1.34 bits per heavy atom. The van der Waals surface area contributed by atoms with Gasteiger partial charge in [-0.3, -0.25) is 9.59 Å². The van der Waals surface area contributed by atoms with Gasteiger partial charge in [-0.15, -0.1) is 0 Å².